The molecule has 1 heterocycles. The lowest BCUT2D eigenvalue weighted by Gasteiger charge is -2.03. The van der Waals surface area contributed by atoms with Gasteiger partial charge in [-0.3, -0.25) is 20.2 Å². The molecule has 1 N–H and O–H groups in total. The highest BCUT2D eigenvalue weighted by Crippen LogP contribution is 2.39. The standard InChI is InChI=1S/C22H14ClN3O3S/c23-16-12-10-14(11-13-16)19-20(15-6-2-1-3-7-15)30-22(24-19)25-21(27)17-8-4-5-9-18(17)26(28)29/h1-13H,(H,24,25,27). The summed E-state index contributed by atoms with van der Waals surface area (Å²) in [6, 6.07) is 22.8. The van der Waals surface area contributed by atoms with Gasteiger partial charge in [-0.2, -0.15) is 0 Å². The van der Waals surface area contributed by atoms with Gasteiger partial charge in [-0.15, -0.1) is 0 Å². The summed E-state index contributed by atoms with van der Waals surface area (Å²) in [5, 5.41) is 14.9. The van der Waals surface area contributed by atoms with E-state index in [9.17, 15) is 14.9 Å². The van der Waals surface area contributed by atoms with Crippen molar-refractivity contribution in [2.24, 2.45) is 0 Å². The van der Waals surface area contributed by atoms with Crippen molar-refractivity contribution >= 4 is 39.7 Å². The van der Waals surface area contributed by atoms with E-state index in [1.54, 1.807) is 18.2 Å². The number of amides is 1. The lowest BCUT2D eigenvalue weighted by Crippen LogP contribution is -2.13. The van der Waals surface area contributed by atoms with Gasteiger partial charge in [0, 0.05) is 16.7 Å². The number of thiazole rings is 1. The monoisotopic (exact) mass is 435 g/mol. The minimum Gasteiger partial charge on any atom is -0.298 e. The molecule has 8 heteroatoms. The zero-order chi connectivity index (χ0) is 21.1. The lowest BCUT2D eigenvalue weighted by molar-refractivity contribution is -0.385. The average Bonchev–Trinajstić information content (AvgIpc) is 3.18. The van der Waals surface area contributed by atoms with E-state index in [-0.39, 0.29) is 11.3 Å². The van der Waals surface area contributed by atoms with Crippen LogP contribution in [-0.4, -0.2) is 15.8 Å². The number of aromatic nitrogens is 1. The Kier molecular flexibility index (Phi) is 5.56. The van der Waals surface area contributed by atoms with Crippen LogP contribution in [0.15, 0.2) is 78.9 Å². The van der Waals surface area contributed by atoms with Gasteiger partial charge in [-0.05, 0) is 23.8 Å². The molecule has 148 valence electrons. The second-order valence-corrected chi connectivity index (χ2v) is 7.73. The Morgan fingerprint density at radius 1 is 0.933 bits per heavy atom. The van der Waals surface area contributed by atoms with Gasteiger partial charge in [0.25, 0.3) is 11.6 Å². The molecule has 4 rings (SSSR count). The highest BCUT2D eigenvalue weighted by atomic mass is 35.5. The average molecular weight is 436 g/mol. The van der Waals surface area contributed by atoms with Gasteiger partial charge in [-0.1, -0.05) is 77.5 Å². The Hall–Kier alpha value is -3.55. The molecule has 1 aromatic heterocycles. The number of hydrogen-bond acceptors (Lipinski definition) is 5. The van der Waals surface area contributed by atoms with Gasteiger partial charge in [0.15, 0.2) is 5.13 Å². The Bertz CT molecular complexity index is 1220. The molecule has 0 fully saturated rings. The summed E-state index contributed by atoms with van der Waals surface area (Å²) in [5.41, 5.74) is 2.22. The molecule has 3 aromatic carbocycles. The number of nitrogens with one attached hydrogen (secondary N) is 1. The fourth-order valence-corrected chi connectivity index (χ4v) is 4.07. The number of carbonyl (C=O) groups excluding carboxylic acids is 1. The van der Waals surface area contributed by atoms with Crippen LogP contribution >= 0.6 is 22.9 Å². The molecule has 0 aliphatic carbocycles. The quantitative estimate of drug-likeness (QED) is 0.295. The minimum absolute atomic E-state index is 0.0213. The van der Waals surface area contributed by atoms with Crippen molar-refractivity contribution < 1.29 is 9.72 Å². The Morgan fingerprint density at radius 2 is 1.60 bits per heavy atom. The van der Waals surface area contributed by atoms with Gasteiger partial charge in [-0.25, -0.2) is 4.98 Å². The van der Waals surface area contributed by atoms with Gasteiger partial charge in [0.2, 0.25) is 0 Å². The number of hydrogen-bond donors (Lipinski definition) is 1. The summed E-state index contributed by atoms with van der Waals surface area (Å²) in [7, 11) is 0. The van der Waals surface area contributed by atoms with Crippen molar-refractivity contribution in [2.75, 3.05) is 5.32 Å². The summed E-state index contributed by atoms with van der Waals surface area (Å²) in [6.07, 6.45) is 0. The largest absolute Gasteiger partial charge is 0.298 e. The van der Waals surface area contributed by atoms with Crippen LogP contribution in [0, 0.1) is 10.1 Å². The summed E-state index contributed by atoms with van der Waals surface area (Å²) >= 11 is 7.31. The molecule has 1 amide bonds. The fourth-order valence-electron chi connectivity index (χ4n) is 2.95. The molecular formula is C22H14ClN3O3S. The van der Waals surface area contributed by atoms with Crippen LogP contribution in [0.2, 0.25) is 5.02 Å². The third-order valence-corrected chi connectivity index (χ3v) is 5.62. The molecule has 0 spiro atoms. The third kappa shape index (κ3) is 4.07. The maximum atomic E-state index is 12.7. The molecule has 0 radical (unpaired) electrons. The highest BCUT2D eigenvalue weighted by Gasteiger charge is 2.22. The van der Waals surface area contributed by atoms with Gasteiger partial charge in [0.05, 0.1) is 15.5 Å². The first-order chi connectivity index (χ1) is 14.5. The van der Waals surface area contributed by atoms with Crippen LogP contribution in [0.1, 0.15) is 10.4 Å². The van der Waals surface area contributed by atoms with Crippen LogP contribution in [0.25, 0.3) is 21.7 Å². The van der Waals surface area contributed by atoms with E-state index in [4.69, 9.17) is 11.6 Å². The van der Waals surface area contributed by atoms with Crippen LogP contribution in [0.4, 0.5) is 10.8 Å². The summed E-state index contributed by atoms with van der Waals surface area (Å²) in [4.78, 5) is 28.8. The minimum atomic E-state index is -0.585. The topological polar surface area (TPSA) is 85.1 Å². The van der Waals surface area contributed by atoms with E-state index in [1.165, 1.54) is 29.5 Å². The first-order valence-corrected chi connectivity index (χ1v) is 10.1. The highest BCUT2D eigenvalue weighted by molar-refractivity contribution is 7.19. The van der Waals surface area contributed by atoms with Crippen LogP contribution < -0.4 is 5.32 Å². The Labute approximate surface area is 180 Å². The number of nitrogens with zero attached hydrogens (tertiary/aromatic N) is 2. The summed E-state index contributed by atoms with van der Waals surface area (Å²) in [6.45, 7) is 0. The maximum absolute atomic E-state index is 12.7. The van der Waals surface area contributed by atoms with Crippen LogP contribution in [-0.2, 0) is 0 Å². The molecule has 0 aliphatic rings. The number of para-hydroxylation sites is 1. The number of anilines is 1. The number of halogens is 1. The van der Waals surface area contributed by atoms with Crippen molar-refractivity contribution in [1.82, 2.24) is 4.98 Å². The molecule has 0 aliphatic heterocycles. The Balaban J connectivity index is 1.74. The van der Waals surface area contributed by atoms with Crippen molar-refractivity contribution in [3.63, 3.8) is 0 Å². The molecular weight excluding hydrogens is 422 g/mol. The SMILES string of the molecule is O=C(Nc1nc(-c2ccc(Cl)cc2)c(-c2ccccc2)s1)c1ccccc1[N+](=O)[O-]. The van der Waals surface area contributed by atoms with E-state index in [1.807, 2.05) is 42.5 Å². The summed E-state index contributed by atoms with van der Waals surface area (Å²) in [5.74, 6) is -0.585. The van der Waals surface area contributed by atoms with Crippen molar-refractivity contribution in [1.29, 1.82) is 0 Å². The zero-order valence-corrected chi connectivity index (χ0v) is 17.0. The molecule has 30 heavy (non-hydrogen) atoms. The third-order valence-electron chi connectivity index (χ3n) is 4.35. The fraction of sp³-hybridized carbons (Fsp3) is 0. The molecule has 0 bridgehead atoms. The first kappa shape index (κ1) is 19.8. The normalized spacial score (nSPS) is 10.6. The predicted octanol–water partition coefficient (Wildman–Crippen LogP) is 6.29. The molecule has 4 aromatic rings. The number of benzene rings is 3. The van der Waals surface area contributed by atoms with Crippen molar-refractivity contribution in [2.45, 2.75) is 0 Å². The molecule has 6 nitrogen and oxygen atoms in total. The number of nitro benzene ring substituents is 1. The maximum Gasteiger partial charge on any atom is 0.282 e. The molecule has 0 saturated carbocycles. The van der Waals surface area contributed by atoms with Gasteiger partial charge < -0.3 is 0 Å². The molecule has 0 saturated heterocycles. The van der Waals surface area contributed by atoms with E-state index in [0.717, 1.165) is 16.0 Å². The summed E-state index contributed by atoms with van der Waals surface area (Å²) < 4.78 is 0. The Morgan fingerprint density at radius 3 is 2.30 bits per heavy atom. The van der Waals surface area contributed by atoms with Crippen LogP contribution in [0.3, 0.4) is 0 Å². The van der Waals surface area contributed by atoms with Gasteiger partial charge in [0.1, 0.15) is 5.56 Å². The zero-order valence-electron chi connectivity index (χ0n) is 15.4. The smallest absolute Gasteiger partial charge is 0.282 e. The van der Waals surface area contributed by atoms with E-state index in [0.29, 0.717) is 15.8 Å². The van der Waals surface area contributed by atoms with E-state index >= 15 is 0 Å². The molecule has 0 unspecified atom stereocenters. The second kappa shape index (κ2) is 8.44. The number of rotatable bonds is 5. The van der Waals surface area contributed by atoms with E-state index < -0.39 is 10.8 Å². The van der Waals surface area contributed by atoms with Crippen molar-refractivity contribution in [3.05, 3.63) is 99.6 Å². The lowest BCUT2D eigenvalue weighted by atomic mass is 10.1. The van der Waals surface area contributed by atoms with Gasteiger partial charge >= 0.3 is 0 Å². The molecule has 0 atom stereocenters. The van der Waals surface area contributed by atoms with Crippen molar-refractivity contribution in [3.8, 4) is 21.7 Å². The number of carbonyl (C=O) groups is 1. The van der Waals surface area contributed by atoms with E-state index in [2.05, 4.69) is 10.3 Å². The number of nitro groups is 1. The second-order valence-electron chi connectivity index (χ2n) is 6.30. The predicted molar refractivity (Wildman–Crippen MR) is 119 cm³/mol. The first-order valence-electron chi connectivity index (χ1n) is 8.90. The van der Waals surface area contributed by atoms with Crippen LogP contribution in [0.5, 0.6) is 0 Å².